The van der Waals surface area contributed by atoms with Gasteiger partial charge >= 0.3 is 5.97 Å². The van der Waals surface area contributed by atoms with Crippen LogP contribution in [0.1, 0.15) is 40.0 Å². The van der Waals surface area contributed by atoms with Crippen LogP contribution in [-0.4, -0.2) is 37.9 Å². The second-order valence-corrected chi connectivity index (χ2v) is 4.75. The lowest BCUT2D eigenvalue weighted by molar-refractivity contribution is -0.156. The summed E-state index contributed by atoms with van der Waals surface area (Å²) in [5.74, 6) is 0.184. The predicted octanol–water partition coefficient (Wildman–Crippen LogP) is 1.73. The quantitative estimate of drug-likeness (QED) is 0.660. The van der Waals surface area contributed by atoms with Crippen LogP contribution in [0.4, 0.5) is 0 Å². The van der Waals surface area contributed by atoms with Crippen LogP contribution in [-0.2, 0) is 14.3 Å². The summed E-state index contributed by atoms with van der Waals surface area (Å²) in [5, 5.41) is 3.14. The first kappa shape index (κ1) is 14.5. The van der Waals surface area contributed by atoms with Crippen molar-refractivity contribution < 1.29 is 14.3 Å². The number of carbonyl (C=O) groups excluding carboxylic acids is 1. The highest BCUT2D eigenvalue weighted by Crippen LogP contribution is 2.40. The molecule has 0 heterocycles. The van der Waals surface area contributed by atoms with E-state index in [0.29, 0.717) is 19.1 Å². The van der Waals surface area contributed by atoms with Crippen LogP contribution in [0.25, 0.3) is 0 Å². The number of ether oxygens (including phenoxy) is 2. The zero-order chi connectivity index (χ0) is 12.9. The standard InChI is InChI=1S/C13H25NO3/c1-5-10(3)17-9-13(14-4,11-7-8-11)12(15)16-6-2/h10-11,14H,5-9H2,1-4H3. The fraction of sp³-hybridized carbons (Fsp3) is 0.923. The van der Waals surface area contributed by atoms with Crippen molar-refractivity contribution in [1.29, 1.82) is 0 Å². The fourth-order valence-electron chi connectivity index (χ4n) is 1.95. The lowest BCUT2D eigenvalue weighted by Crippen LogP contribution is -2.57. The van der Waals surface area contributed by atoms with E-state index in [4.69, 9.17) is 9.47 Å². The first-order valence-electron chi connectivity index (χ1n) is 6.58. The first-order chi connectivity index (χ1) is 8.10. The van der Waals surface area contributed by atoms with E-state index < -0.39 is 5.54 Å². The highest BCUT2D eigenvalue weighted by molar-refractivity contribution is 5.82. The molecule has 0 aromatic carbocycles. The molecular weight excluding hydrogens is 218 g/mol. The number of rotatable bonds is 8. The van der Waals surface area contributed by atoms with Gasteiger partial charge in [0, 0.05) is 0 Å². The van der Waals surface area contributed by atoms with Crippen LogP contribution < -0.4 is 5.32 Å². The van der Waals surface area contributed by atoms with Crippen LogP contribution in [0.5, 0.6) is 0 Å². The molecule has 0 spiro atoms. The van der Waals surface area contributed by atoms with Gasteiger partial charge in [-0.1, -0.05) is 6.92 Å². The molecule has 1 aliphatic rings. The van der Waals surface area contributed by atoms with Crippen molar-refractivity contribution in [1.82, 2.24) is 5.32 Å². The molecule has 1 fully saturated rings. The molecule has 0 radical (unpaired) electrons. The van der Waals surface area contributed by atoms with Crippen LogP contribution in [0.3, 0.4) is 0 Å². The molecular formula is C13H25NO3. The number of likely N-dealkylation sites (N-methyl/N-ethyl adjacent to an activating group) is 1. The minimum atomic E-state index is -0.639. The Morgan fingerprint density at radius 3 is 2.53 bits per heavy atom. The van der Waals surface area contributed by atoms with Crippen molar-refractivity contribution in [2.75, 3.05) is 20.3 Å². The Morgan fingerprint density at radius 1 is 1.47 bits per heavy atom. The highest BCUT2D eigenvalue weighted by Gasteiger charge is 2.51. The molecule has 1 rings (SSSR count). The van der Waals surface area contributed by atoms with Gasteiger partial charge in [0.05, 0.1) is 19.3 Å². The monoisotopic (exact) mass is 243 g/mol. The summed E-state index contributed by atoms with van der Waals surface area (Å²) >= 11 is 0. The summed E-state index contributed by atoms with van der Waals surface area (Å²) in [5.41, 5.74) is -0.639. The van der Waals surface area contributed by atoms with Crippen LogP contribution >= 0.6 is 0 Å². The molecule has 100 valence electrons. The fourth-order valence-corrected chi connectivity index (χ4v) is 1.95. The van der Waals surface area contributed by atoms with Gasteiger partial charge in [-0.05, 0) is 46.1 Å². The van der Waals surface area contributed by atoms with Gasteiger partial charge in [-0.2, -0.15) is 0 Å². The number of hydrogen-bond acceptors (Lipinski definition) is 4. The second kappa shape index (κ2) is 6.36. The maximum absolute atomic E-state index is 12.1. The van der Waals surface area contributed by atoms with Crippen LogP contribution in [0, 0.1) is 5.92 Å². The summed E-state index contributed by atoms with van der Waals surface area (Å²) < 4.78 is 10.9. The van der Waals surface area contributed by atoms with Gasteiger partial charge in [-0.3, -0.25) is 0 Å². The Hall–Kier alpha value is -0.610. The van der Waals surface area contributed by atoms with E-state index in [1.165, 1.54) is 0 Å². The lowest BCUT2D eigenvalue weighted by atomic mass is 9.94. The normalized spacial score (nSPS) is 20.7. The highest BCUT2D eigenvalue weighted by atomic mass is 16.5. The molecule has 4 heteroatoms. The minimum Gasteiger partial charge on any atom is -0.465 e. The van der Waals surface area contributed by atoms with Crippen LogP contribution in [0.2, 0.25) is 0 Å². The van der Waals surface area contributed by atoms with Crippen LogP contribution in [0.15, 0.2) is 0 Å². The smallest absolute Gasteiger partial charge is 0.329 e. The Balaban J connectivity index is 2.67. The third-order valence-corrected chi connectivity index (χ3v) is 3.53. The Labute approximate surface area is 104 Å². The topological polar surface area (TPSA) is 47.6 Å². The molecule has 1 saturated carbocycles. The van der Waals surface area contributed by atoms with E-state index in [-0.39, 0.29) is 12.1 Å². The van der Waals surface area contributed by atoms with Crippen molar-refractivity contribution >= 4 is 5.97 Å². The molecule has 0 aromatic rings. The maximum Gasteiger partial charge on any atom is 0.329 e. The van der Waals surface area contributed by atoms with Gasteiger partial charge in [0.25, 0.3) is 0 Å². The number of nitrogens with one attached hydrogen (secondary N) is 1. The zero-order valence-electron chi connectivity index (χ0n) is 11.4. The Bertz CT molecular complexity index is 253. The summed E-state index contributed by atoms with van der Waals surface area (Å²) in [6.45, 7) is 6.76. The molecule has 1 N–H and O–H groups in total. The zero-order valence-corrected chi connectivity index (χ0v) is 11.4. The van der Waals surface area contributed by atoms with E-state index >= 15 is 0 Å². The summed E-state index contributed by atoms with van der Waals surface area (Å²) in [7, 11) is 1.81. The van der Waals surface area contributed by atoms with Crippen molar-refractivity contribution in [2.24, 2.45) is 5.92 Å². The molecule has 17 heavy (non-hydrogen) atoms. The van der Waals surface area contributed by atoms with Crippen molar-refractivity contribution in [3.05, 3.63) is 0 Å². The summed E-state index contributed by atoms with van der Waals surface area (Å²) in [6.07, 6.45) is 3.27. The third-order valence-electron chi connectivity index (χ3n) is 3.53. The van der Waals surface area contributed by atoms with Crippen molar-refractivity contribution in [2.45, 2.75) is 51.7 Å². The van der Waals surface area contributed by atoms with E-state index in [9.17, 15) is 4.79 Å². The van der Waals surface area contributed by atoms with E-state index in [1.54, 1.807) is 0 Å². The first-order valence-corrected chi connectivity index (χ1v) is 6.58. The van der Waals surface area contributed by atoms with E-state index in [1.807, 2.05) is 20.9 Å². The van der Waals surface area contributed by atoms with Gasteiger partial charge in [-0.15, -0.1) is 0 Å². The van der Waals surface area contributed by atoms with Gasteiger partial charge in [0.1, 0.15) is 5.54 Å². The Morgan fingerprint density at radius 2 is 2.12 bits per heavy atom. The maximum atomic E-state index is 12.1. The van der Waals surface area contributed by atoms with Gasteiger partial charge in [0.2, 0.25) is 0 Å². The molecule has 1 aliphatic carbocycles. The average Bonchev–Trinajstić information content (AvgIpc) is 3.15. The van der Waals surface area contributed by atoms with Gasteiger partial charge in [0.15, 0.2) is 0 Å². The van der Waals surface area contributed by atoms with Crippen molar-refractivity contribution in [3.63, 3.8) is 0 Å². The Kier molecular flexibility index (Phi) is 5.40. The SMILES string of the molecule is CCOC(=O)C(COC(C)CC)(NC)C1CC1. The van der Waals surface area contributed by atoms with Gasteiger partial charge < -0.3 is 14.8 Å². The molecule has 0 aliphatic heterocycles. The molecule has 2 atom stereocenters. The molecule has 0 aromatic heterocycles. The molecule has 4 nitrogen and oxygen atoms in total. The van der Waals surface area contributed by atoms with E-state index in [2.05, 4.69) is 12.2 Å². The minimum absolute atomic E-state index is 0.173. The summed E-state index contributed by atoms with van der Waals surface area (Å²) in [4.78, 5) is 12.1. The number of esters is 1. The summed E-state index contributed by atoms with van der Waals surface area (Å²) in [6, 6.07) is 0. The lowest BCUT2D eigenvalue weighted by Gasteiger charge is -2.32. The molecule has 0 bridgehead atoms. The third kappa shape index (κ3) is 3.42. The molecule has 2 unspecified atom stereocenters. The average molecular weight is 243 g/mol. The molecule has 0 saturated heterocycles. The largest absolute Gasteiger partial charge is 0.465 e. The second-order valence-electron chi connectivity index (χ2n) is 4.75. The van der Waals surface area contributed by atoms with Gasteiger partial charge in [-0.25, -0.2) is 4.79 Å². The number of hydrogen-bond donors (Lipinski definition) is 1. The predicted molar refractivity (Wildman–Crippen MR) is 66.9 cm³/mol. The molecule has 0 amide bonds. The van der Waals surface area contributed by atoms with E-state index in [0.717, 1.165) is 19.3 Å². The van der Waals surface area contributed by atoms with Crippen molar-refractivity contribution in [3.8, 4) is 0 Å². The number of carbonyl (C=O) groups is 1.